The normalized spacial score (nSPS) is 10.3. The summed E-state index contributed by atoms with van der Waals surface area (Å²) in [5.41, 5.74) is 1.75. The van der Waals surface area contributed by atoms with Crippen molar-refractivity contribution in [3.05, 3.63) is 78.1 Å². The van der Waals surface area contributed by atoms with Crippen LogP contribution < -0.4 is 15.4 Å². The number of ether oxygens (including phenoxy) is 1. The van der Waals surface area contributed by atoms with Crippen LogP contribution >= 0.6 is 0 Å². The van der Waals surface area contributed by atoms with Crippen molar-refractivity contribution in [1.29, 1.82) is 0 Å². The molecule has 3 rings (SSSR count). The SMILES string of the molecule is CCOc1ccc(Nc2ccnc(C(=O)Nc3ccc(F)c(F)c3)c2)cc1. The zero-order valence-electron chi connectivity index (χ0n) is 14.5. The Labute approximate surface area is 155 Å². The van der Waals surface area contributed by atoms with E-state index in [1.165, 1.54) is 12.3 Å². The van der Waals surface area contributed by atoms with Crippen molar-refractivity contribution in [3.8, 4) is 5.75 Å². The molecule has 27 heavy (non-hydrogen) atoms. The van der Waals surface area contributed by atoms with E-state index >= 15 is 0 Å². The Kier molecular flexibility index (Phi) is 5.61. The maximum atomic E-state index is 13.3. The molecule has 7 heteroatoms. The van der Waals surface area contributed by atoms with E-state index in [4.69, 9.17) is 4.74 Å². The first-order valence-corrected chi connectivity index (χ1v) is 8.27. The van der Waals surface area contributed by atoms with E-state index in [1.807, 2.05) is 31.2 Å². The lowest BCUT2D eigenvalue weighted by Crippen LogP contribution is -2.14. The van der Waals surface area contributed by atoms with Gasteiger partial charge in [0.25, 0.3) is 5.91 Å². The van der Waals surface area contributed by atoms with Gasteiger partial charge in [-0.1, -0.05) is 0 Å². The van der Waals surface area contributed by atoms with Crippen LogP contribution in [-0.4, -0.2) is 17.5 Å². The van der Waals surface area contributed by atoms with Crippen LogP contribution in [0.15, 0.2) is 60.8 Å². The molecule has 5 nitrogen and oxygen atoms in total. The van der Waals surface area contributed by atoms with Gasteiger partial charge in [-0.3, -0.25) is 9.78 Å². The Morgan fingerprint density at radius 1 is 0.963 bits per heavy atom. The van der Waals surface area contributed by atoms with Crippen LogP contribution in [0.2, 0.25) is 0 Å². The molecule has 0 radical (unpaired) electrons. The number of amides is 1. The molecule has 3 aromatic rings. The molecule has 0 saturated carbocycles. The van der Waals surface area contributed by atoms with Gasteiger partial charge in [-0.25, -0.2) is 8.78 Å². The predicted molar refractivity (Wildman–Crippen MR) is 99.4 cm³/mol. The number of aromatic nitrogens is 1. The van der Waals surface area contributed by atoms with Gasteiger partial charge in [-0.2, -0.15) is 0 Å². The van der Waals surface area contributed by atoms with Crippen molar-refractivity contribution in [3.63, 3.8) is 0 Å². The largest absolute Gasteiger partial charge is 0.494 e. The molecule has 0 saturated heterocycles. The highest BCUT2D eigenvalue weighted by molar-refractivity contribution is 6.03. The van der Waals surface area contributed by atoms with Crippen LogP contribution in [0.4, 0.5) is 25.8 Å². The summed E-state index contributed by atoms with van der Waals surface area (Å²) in [4.78, 5) is 16.3. The highest BCUT2D eigenvalue weighted by Crippen LogP contribution is 2.21. The number of hydrogen-bond donors (Lipinski definition) is 2. The molecule has 0 atom stereocenters. The van der Waals surface area contributed by atoms with Crippen LogP contribution in [0.25, 0.3) is 0 Å². The minimum absolute atomic E-state index is 0.135. The summed E-state index contributed by atoms with van der Waals surface area (Å²) >= 11 is 0. The molecule has 0 unspecified atom stereocenters. The van der Waals surface area contributed by atoms with Gasteiger partial charge in [0.05, 0.1) is 6.61 Å². The van der Waals surface area contributed by atoms with Gasteiger partial charge < -0.3 is 15.4 Å². The molecule has 0 aliphatic heterocycles. The molecule has 0 bridgehead atoms. The Bertz CT molecular complexity index is 946. The zero-order valence-corrected chi connectivity index (χ0v) is 14.5. The summed E-state index contributed by atoms with van der Waals surface area (Å²) in [7, 11) is 0. The van der Waals surface area contributed by atoms with E-state index in [9.17, 15) is 13.6 Å². The number of benzene rings is 2. The minimum Gasteiger partial charge on any atom is -0.494 e. The number of carbonyl (C=O) groups excluding carboxylic acids is 1. The van der Waals surface area contributed by atoms with Crippen molar-refractivity contribution in [2.75, 3.05) is 17.2 Å². The molecule has 2 aromatic carbocycles. The maximum Gasteiger partial charge on any atom is 0.274 e. The second-order valence-corrected chi connectivity index (χ2v) is 5.60. The van der Waals surface area contributed by atoms with E-state index in [0.29, 0.717) is 12.3 Å². The molecule has 138 valence electrons. The molecule has 1 amide bonds. The summed E-state index contributed by atoms with van der Waals surface area (Å²) in [6.45, 7) is 2.50. The third-order valence-corrected chi connectivity index (χ3v) is 3.62. The maximum absolute atomic E-state index is 13.3. The number of rotatable bonds is 6. The third kappa shape index (κ3) is 4.78. The number of nitrogens with one attached hydrogen (secondary N) is 2. The number of pyridine rings is 1. The smallest absolute Gasteiger partial charge is 0.274 e. The lowest BCUT2D eigenvalue weighted by molar-refractivity contribution is 0.102. The summed E-state index contributed by atoms with van der Waals surface area (Å²) in [6.07, 6.45) is 1.48. The average Bonchev–Trinajstić information content (AvgIpc) is 2.67. The molecule has 1 aromatic heterocycles. The second kappa shape index (κ2) is 8.27. The number of hydrogen-bond acceptors (Lipinski definition) is 4. The molecule has 2 N–H and O–H groups in total. The predicted octanol–water partition coefficient (Wildman–Crippen LogP) is 4.75. The summed E-state index contributed by atoms with van der Waals surface area (Å²) in [5.74, 6) is -1.78. The summed E-state index contributed by atoms with van der Waals surface area (Å²) in [5, 5.41) is 5.65. The summed E-state index contributed by atoms with van der Waals surface area (Å²) in [6, 6.07) is 13.8. The first kappa shape index (κ1) is 18.3. The lowest BCUT2D eigenvalue weighted by atomic mass is 10.2. The molecular formula is C20H17F2N3O2. The summed E-state index contributed by atoms with van der Waals surface area (Å²) < 4.78 is 31.6. The Morgan fingerprint density at radius 3 is 2.41 bits per heavy atom. The Balaban J connectivity index is 1.70. The van der Waals surface area contributed by atoms with Gasteiger partial charge in [0.1, 0.15) is 11.4 Å². The van der Waals surface area contributed by atoms with E-state index < -0.39 is 17.5 Å². The zero-order chi connectivity index (χ0) is 19.2. The highest BCUT2D eigenvalue weighted by Gasteiger charge is 2.10. The number of nitrogens with zero attached hydrogens (tertiary/aromatic N) is 1. The third-order valence-electron chi connectivity index (χ3n) is 3.62. The second-order valence-electron chi connectivity index (χ2n) is 5.60. The van der Waals surface area contributed by atoms with Crippen molar-refractivity contribution >= 4 is 23.0 Å². The Hall–Kier alpha value is -3.48. The molecule has 0 aliphatic carbocycles. The van der Waals surface area contributed by atoms with Gasteiger partial charge in [0.2, 0.25) is 0 Å². The average molecular weight is 369 g/mol. The van der Waals surface area contributed by atoms with Crippen molar-refractivity contribution in [2.24, 2.45) is 0 Å². The fraction of sp³-hybridized carbons (Fsp3) is 0.100. The van der Waals surface area contributed by atoms with Crippen molar-refractivity contribution in [1.82, 2.24) is 4.98 Å². The minimum atomic E-state index is -1.04. The number of anilines is 3. The van der Waals surface area contributed by atoms with Gasteiger partial charge in [0, 0.05) is 29.3 Å². The lowest BCUT2D eigenvalue weighted by Gasteiger charge is -2.10. The number of halogens is 2. The van der Waals surface area contributed by atoms with E-state index in [-0.39, 0.29) is 11.4 Å². The van der Waals surface area contributed by atoms with Gasteiger partial charge >= 0.3 is 0 Å². The van der Waals surface area contributed by atoms with E-state index in [2.05, 4.69) is 15.6 Å². The van der Waals surface area contributed by atoms with Crippen LogP contribution in [0.5, 0.6) is 5.75 Å². The van der Waals surface area contributed by atoms with Gasteiger partial charge in [0.15, 0.2) is 11.6 Å². The molecule has 1 heterocycles. The topological polar surface area (TPSA) is 63.2 Å². The van der Waals surface area contributed by atoms with E-state index in [0.717, 1.165) is 23.6 Å². The molecule has 0 spiro atoms. The quantitative estimate of drug-likeness (QED) is 0.658. The monoisotopic (exact) mass is 369 g/mol. The van der Waals surface area contributed by atoms with Crippen LogP contribution in [0.3, 0.4) is 0 Å². The highest BCUT2D eigenvalue weighted by atomic mass is 19.2. The molecule has 0 fully saturated rings. The first-order chi connectivity index (χ1) is 13.0. The van der Waals surface area contributed by atoms with Crippen LogP contribution in [0, 0.1) is 11.6 Å². The van der Waals surface area contributed by atoms with Crippen LogP contribution in [-0.2, 0) is 0 Å². The fourth-order valence-corrected chi connectivity index (χ4v) is 2.37. The molecule has 0 aliphatic rings. The van der Waals surface area contributed by atoms with Gasteiger partial charge in [-0.05, 0) is 55.5 Å². The fourth-order valence-electron chi connectivity index (χ4n) is 2.37. The van der Waals surface area contributed by atoms with E-state index in [1.54, 1.807) is 12.1 Å². The first-order valence-electron chi connectivity index (χ1n) is 8.27. The van der Waals surface area contributed by atoms with Crippen molar-refractivity contribution < 1.29 is 18.3 Å². The van der Waals surface area contributed by atoms with Crippen LogP contribution in [0.1, 0.15) is 17.4 Å². The standard InChI is InChI=1S/C20H17F2N3O2/c1-2-27-16-6-3-13(4-7-16)24-15-9-10-23-19(12-15)20(26)25-14-5-8-17(21)18(22)11-14/h3-12H,2H2,1H3,(H,23,24)(H,25,26). The number of carbonyl (C=O) groups is 1. The Morgan fingerprint density at radius 2 is 1.70 bits per heavy atom. The van der Waals surface area contributed by atoms with Gasteiger partial charge in [-0.15, -0.1) is 0 Å². The van der Waals surface area contributed by atoms with Crippen molar-refractivity contribution in [2.45, 2.75) is 6.92 Å². The molecular weight excluding hydrogens is 352 g/mol.